The van der Waals surface area contributed by atoms with Crippen LogP contribution in [0, 0.1) is 0 Å². The first-order chi connectivity index (χ1) is 8.18. The van der Waals surface area contributed by atoms with Gasteiger partial charge in [-0.2, -0.15) is 0 Å². The summed E-state index contributed by atoms with van der Waals surface area (Å²) < 4.78 is 6.32. The third-order valence-electron chi connectivity index (χ3n) is 3.03. The number of halogens is 1. The van der Waals surface area contributed by atoms with Crippen LogP contribution in [0.5, 0.6) is 0 Å². The third kappa shape index (κ3) is 3.42. The number of thiophene rings is 1. The molecule has 2 N–H and O–H groups in total. The van der Waals surface area contributed by atoms with Crippen molar-refractivity contribution in [2.75, 3.05) is 26.3 Å². The van der Waals surface area contributed by atoms with Gasteiger partial charge < -0.3 is 10.5 Å². The summed E-state index contributed by atoms with van der Waals surface area (Å²) in [6.45, 7) is 5.70. The minimum absolute atomic E-state index is 0.0998. The number of hydrogen-bond acceptors (Lipinski definition) is 4. The molecule has 1 saturated heterocycles. The summed E-state index contributed by atoms with van der Waals surface area (Å²) in [6, 6.07) is 4.40. The quantitative estimate of drug-likeness (QED) is 0.920. The Kier molecular flexibility index (Phi) is 4.82. The Balaban J connectivity index is 2.15. The summed E-state index contributed by atoms with van der Waals surface area (Å²) in [6.07, 6.45) is 1.07. The molecule has 2 rings (SSSR count). The molecule has 1 aromatic rings. The monoisotopic (exact) mass is 274 g/mol. The Bertz CT molecular complexity index is 348. The van der Waals surface area contributed by atoms with Gasteiger partial charge in [-0.3, -0.25) is 4.90 Å². The lowest BCUT2D eigenvalue weighted by Crippen LogP contribution is -2.40. The van der Waals surface area contributed by atoms with Crippen LogP contribution in [0.25, 0.3) is 0 Å². The van der Waals surface area contributed by atoms with E-state index < -0.39 is 0 Å². The van der Waals surface area contributed by atoms with Crippen LogP contribution < -0.4 is 5.73 Å². The predicted molar refractivity (Wildman–Crippen MR) is 72.7 cm³/mol. The molecule has 0 bridgehead atoms. The molecule has 0 amide bonds. The molecular formula is C12H19ClN2OS. The van der Waals surface area contributed by atoms with Gasteiger partial charge in [-0.25, -0.2) is 0 Å². The summed E-state index contributed by atoms with van der Waals surface area (Å²) >= 11 is 7.64. The average Bonchev–Trinajstić information content (AvgIpc) is 2.53. The van der Waals surface area contributed by atoms with E-state index in [-0.39, 0.29) is 12.1 Å². The van der Waals surface area contributed by atoms with E-state index in [0.29, 0.717) is 0 Å². The molecule has 96 valence electrons. The summed E-state index contributed by atoms with van der Waals surface area (Å²) in [5.41, 5.74) is 6.14. The number of hydrogen-bond donors (Lipinski definition) is 1. The number of nitrogens with two attached hydrogens (primary N) is 1. The zero-order chi connectivity index (χ0) is 12.3. The molecule has 3 nitrogen and oxygen atoms in total. The molecule has 0 radical (unpaired) electrons. The fourth-order valence-electron chi connectivity index (χ4n) is 2.30. The maximum atomic E-state index is 6.14. The largest absolute Gasteiger partial charge is 0.380 e. The normalized spacial score (nSPS) is 22.1. The molecule has 17 heavy (non-hydrogen) atoms. The molecule has 2 heterocycles. The van der Waals surface area contributed by atoms with Gasteiger partial charge in [0, 0.05) is 30.6 Å². The zero-order valence-corrected chi connectivity index (χ0v) is 11.6. The summed E-state index contributed by atoms with van der Waals surface area (Å²) in [7, 11) is 0. The Hall–Kier alpha value is -0.130. The lowest BCUT2D eigenvalue weighted by atomic mass is 10.1. The van der Waals surface area contributed by atoms with E-state index in [1.54, 1.807) is 11.3 Å². The minimum atomic E-state index is 0.0998. The van der Waals surface area contributed by atoms with Crippen molar-refractivity contribution < 1.29 is 4.74 Å². The van der Waals surface area contributed by atoms with Crippen molar-refractivity contribution in [1.29, 1.82) is 0 Å². The van der Waals surface area contributed by atoms with Crippen molar-refractivity contribution in [2.45, 2.75) is 25.4 Å². The highest BCUT2D eigenvalue weighted by Crippen LogP contribution is 2.32. The predicted octanol–water partition coefficient (Wildman–Crippen LogP) is 2.51. The summed E-state index contributed by atoms with van der Waals surface area (Å²) in [5, 5.41) is 0. The van der Waals surface area contributed by atoms with Gasteiger partial charge in [-0.05, 0) is 25.5 Å². The van der Waals surface area contributed by atoms with Gasteiger partial charge in [-0.15, -0.1) is 11.3 Å². The average molecular weight is 275 g/mol. The smallest absolute Gasteiger partial charge is 0.0931 e. The standard InChI is InChI=1S/C12H19ClN2OS/c1-9(14)12(10-3-4-11(13)17-10)15-5-2-7-16-8-6-15/h3-4,9,12H,2,5-8,14H2,1H3. The van der Waals surface area contributed by atoms with Gasteiger partial charge in [0.05, 0.1) is 17.0 Å². The highest BCUT2D eigenvalue weighted by Gasteiger charge is 2.26. The number of ether oxygens (including phenoxy) is 1. The zero-order valence-electron chi connectivity index (χ0n) is 10.1. The summed E-state index contributed by atoms with van der Waals surface area (Å²) in [4.78, 5) is 3.67. The molecule has 1 aliphatic heterocycles. The van der Waals surface area contributed by atoms with Gasteiger partial charge in [0.1, 0.15) is 0 Å². The Labute approximate surface area is 112 Å². The fourth-order valence-corrected chi connectivity index (χ4v) is 3.61. The molecule has 2 unspecified atom stereocenters. The van der Waals surface area contributed by atoms with E-state index in [1.165, 1.54) is 4.88 Å². The van der Waals surface area contributed by atoms with E-state index >= 15 is 0 Å². The molecule has 0 aromatic carbocycles. The van der Waals surface area contributed by atoms with Crippen LogP contribution in [0.2, 0.25) is 4.34 Å². The molecule has 1 aliphatic rings. The van der Waals surface area contributed by atoms with E-state index in [4.69, 9.17) is 22.1 Å². The molecule has 2 atom stereocenters. The summed E-state index contributed by atoms with van der Waals surface area (Å²) in [5.74, 6) is 0. The lowest BCUT2D eigenvalue weighted by Gasteiger charge is -2.32. The van der Waals surface area contributed by atoms with Crippen LogP contribution in [0.15, 0.2) is 12.1 Å². The van der Waals surface area contributed by atoms with Crippen LogP contribution in [-0.4, -0.2) is 37.2 Å². The van der Waals surface area contributed by atoms with Crippen molar-refractivity contribution in [3.8, 4) is 0 Å². The third-order valence-corrected chi connectivity index (χ3v) is 4.34. The second kappa shape index (κ2) is 6.16. The van der Waals surface area contributed by atoms with Crippen molar-refractivity contribution in [3.63, 3.8) is 0 Å². The number of rotatable bonds is 3. The lowest BCUT2D eigenvalue weighted by molar-refractivity contribution is 0.127. The van der Waals surface area contributed by atoms with Gasteiger partial charge in [0.15, 0.2) is 0 Å². The van der Waals surface area contributed by atoms with Crippen molar-refractivity contribution in [2.24, 2.45) is 5.73 Å². The molecule has 1 fully saturated rings. The second-order valence-electron chi connectivity index (χ2n) is 4.45. The van der Waals surface area contributed by atoms with Gasteiger partial charge in [-0.1, -0.05) is 11.6 Å². The highest BCUT2D eigenvalue weighted by molar-refractivity contribution is 7.16. The minimum Gasteiger partial charge on any atom is -0.380 e. The van der Waals surface area contributed by atoms with E-state index in [2.05, 4.69) is 17.9 Å². The molecule has 1 aromatic heterocycles. The van der Waals surface area contributed by atoms with Crippen LogP contribution in [-0.2, 0) is 4.74 Å². The van der Waals surface area contributed by atoms with Crippen LogP contribution in [0.1, 0.15) is 24.3 Å². The first-order valence-corrected chi connectivity index (χ1v) is 7.20. The maximum absolute atomic E-state index is 6.14. The first-order valence-electron chi connectivity index (χ1n) is 6.01. The molecular weight excluding hydrogens is 256 g/mol. The Morgan fingerprint density at radius 2 is 2.24 bits per heavy atom. The van der Waals surface area contributed by atoms with Crippen molar-refractivity contribution >= 4 is 22.9 Å². The Morgan fingerprint density at radius 1 is 1.41 bits per heavy atom. The van der Waals surface area contributed by atoms with Gasteiger partial charge >= 0.3 is 0 Å². The molecule has 5 heteroatoms. The van der Waals surface area contributed by atoms with Gasteiger partial charge in [0.25, 0.3) is 0 Å². The molecule has 0 saturated carbocycles. The van der Waals surface area contributed by atoms with E-state index in [0.717, 1.165) is 37.1 Å². The van der Waals surface area contributed by atoms with Crippen LogP contribution in [0.3, 0.4) is 0 Å². The highest BCUT2D eigenvalue weighted by atomic mass is 35.5. The van der Waals surface area contributed by atoms with Gasteiger partial charge in [0.2, 0.25) is 0 Å². The van der Waals surface area contributed by atoms with Crippen LogP contribution in [0.4, 0.5) is 0 Å². The van der Waals surface area contributed by atoms with Crippen LogP contribution >= 0.6 is 22.9 Å². The fraction of sp³-hybridized carbons (Fsp3) is 0.667. The topological polar surface area (TPSA) is 38.5 Å². The first kappa shape index (κ1) is 13.3. The van der Waals surface area contributed by atoms with Crippen molar-refractivity contribution in [3.05, 3.63) is 21.3 Å². The Morgan fingerprint density at radius 3 is 2.88 bits per heavy atom. The molecule has 0 aliphatic carbocycles. The van der Waals surface area contributed by atoms with E-state index in [1.807, 2.05) is 6.07 Å². The maximum Gasteiger partial charge on any atom is 0.0931 e. The SMILES string of the molecule is CC(N)C(c1ccc(Cl)s1)N1CCCOCC1. The molecule has 0 spiro atoms. The number of nitrogens with zero attached hydrogens (tertiary/aromatic N) is 1. The van der Waals surface area contributed by atoms with Crippen molar-refractivity contribution in [1.82, 2.24) is 4.90 Å². The second-order valence-corrected chi connectivity index (χ2v) is 6.19. The van der Waals surface area contributed by atoms with E-state index in [9.17, 15) is 0 Å².